The fourth-order valence-corrected chi connectivity index (χ4v) is 1.14. The Morgan fingerprint density at radius 1 is 1.53 bits per heavy atom. The fraction of sp³-hybridized carbons (Fsp3) is 0.600. The molecule has 15 heavy (non-hydrogen) atoms. The average molecular weight is 211 g/mol. The summed E-state index contributed by atoms with van der Waals surface area (Å²) in [6, 6.07) is 1.52. The van der Waals surface area contributed by atoms with Crippen LogP contribution in [0.4, 0.5) is 5.69 Å². The minimum Gasteiger partial charge on any atom is -0.387 e. The quantitative estimate of drug-likeness (QED) is 0.704. The highest BCUT2D eigenvalue weighted by Gasteiger charge is 1.98. The van der Waals surface area contributed by atoms with Crippen LogP contribution in [0.5, 0.6) is 0 Å². The second-order valence-corrected chi connectivity index (χ2v) is 3.17. The molecule has 0 saturated carbocycles. The molecule has 5 nitrogen and oxygen atoms in total. The monoisotopic (exact) mass is 211 g/mol. The number of ether oxygens (including phenoxy) is 1. The number of anilines is 1. The predicted molar refractivity (Wildman–Crippen MR) is 59.2 cm³/mol. The van der Waals surface area contributed by atoms with Gasteiger partial charge < -0.3 is 10.1 Å². The van der Waals surface area contributed by atoms with Gasteiger partial charge in [-0.05, 0) is 6.42 Å². The van der Waals surface area contributed by atoms with Gasteiger partial charge in [0.1, 0.15) is 0 Å². The zero-order valence-corrected chi connectivity index (χ0v) is 9.19. The van der Waals surface area contributed by atoms with Crippen LogP contribution in [-0.2, 0) is 11.3 Å². The zero-order valence-electron chi connectivity index (χ0n) is 9.19. The molecule has 0 unspecified atom stereocenters. The summed E-state index contributed by atoms with van der Waals surface area (Å²) in [6.07, 6.45) is 2.61. The second kappa shape index (κ2) is 6.19. The van der Waals surface area contributed by atoms with Crippen molar-refractivity contribution in [3.8, 4) is 0 Å². The molecule has 0 fully saturated rings. The van der Waals surface area contributed by atoms with E-state index in [1.807, 2.05) is 6.92 Å². The zero-order chi connectivity index (χ0) is 11.1. The van der Waals surface area contributed by atoms with Crippen LogP contribution < -0.4 is 10.9 Å². The molecular formula is C10H17N3O2. The lowest BCUT2D eigenvalue weighted by molar-refractivity contribution is 0.123. The van der Waals surface area contributed by atoms with E-state index in [-0.39, 0.29) is 5.56 Å². The Morgan fingerprint density at radius 3 is 2.93 bits per heavy atom. The molecule has 0 atom stereocenters. The molecule has 0 aliphatic rings. The Hall–Kier alpha value is -1.36. The first-order chi connectivity index (χ1) is 7.27. The summed E-state index contributed by atoms with van der Waals surface area (Å²) in [5.41, 5.74) is 0.618. The van der Waals surface area contributed by atoms with E-state index in [2.05, 4.69) is 10.4 Å². The summed E-state index contributed by atoms with van der Waals surface area (Å²) >= 11 is 0. The summed E-state index contributed by atoms with van der Waals surface area (Å²) in [6.45, 7) is 3.80. The van der Waals surface area contributed by atoms with E-state index in [0.717, 1.165) is 18.7 Å². The molecule has 1 heterocycles. The highest BCUT2D eigenvalue weighted by atomic mass is 16.5. The van der Waals surface area contributed by atoms with Gasteiger partial charge >= 0.3 is 0 Å². The number of nitrogens with one attached hydrogen (secondary N) is 1. The van der Waals surface area contributed by atoms with Crippen LogP contribution in [0.2, 0.25) is 0 Å². The van der Waals surface area contributed by atoms with Gasteiger partial charge in [-0.15, -0.1) is 0 Å². The smallest absolute Gasteiger partial charge is 0.268 e. The van der Waals surface area contributed by atoms with Gasteiger partial charge in [-0.3, -0.25) is 4.79 Å². The lowest BCUT2D eigenvalue weighted by Gasteiger charge is -2.05. The van der Waals surface area contributed by atoms with Crippen molar-refractivity contribution in [3.05, 3.63) is 22.6 Å². The normalized spacial score (nSPS) is 10.3. The van der Waals surface area contributed by atoms with Crippen molar-refractivity contribution in [3.63, 3.8) is 0 Å². The summed E-state index contributed by atoms with van der Waals surface area (Å²) in [5, 5.41) is 6.87. The summed E-state index contributed by atoms with van der Waals surface area (Å²) in [7, 11) is 1.76. The van der Waals surface area contributed by atoms with Crippen LogP contribution in [-0.4, -0.2) is 30.0 Å². The topological polar surface area (TPSA) is 56.1 Å². The van der Waals surface area contributed by atoms with E-state index in [4.69, 9.17) is 4.74 Å². The standard InChI is InChI=1S/C10H17N3O2/c1-3-5-15-6-4-13-10(14)7-9(11-2)8-12-13/h7-8,11H,3-6H2,1-2H3. The Morgan fingerprint density at radius 2 is 2.33 bits per heavy atom. The third-order valence-corrected chi connectivity index (χ3v) is 1.95. The van der Waals surface area contributed by atoms with Crippen LogP contribution in [0.3, 0.4) is 0 Å². The minimum absolute atomic E-state index is 0.109. The molecule has 0 aliphatic heterocycles. The van der Waals surface area contributed by atoms with Crippen molar-refractivity contribution in [2.24, 2.45) is 0 Å². The predicted octanol–water partition coefficient (Wildman–Crippen LogP) is 0.712. The largest absolute Gasteiger partial charge is 0.387 e. The molecular weight excluding hydrogens is 194 g/mol. The highest BCUT2D eigenvalue weighted by Crippen LogP contribution is 1.96. The third kappa shape index (κ3) is 3.71. The summed E-state index contributed by atoms with van der Waals surface area (Å²) in [5.74, 6) is 0. The highest BCUT2D eigenvalue weighted by molar-refractivity contribution is 5.37. The minimum atomic E-state index is -0.109. The van der Waals surface area contributed by atoms with E-state index < -0.39 is 0 Å². The summed E-state index contributed by atoms with van der Waals surface area (Å²) in [4.78, 5) is 11.5. The van der Waals surface area contributed by atoms with Crippen LogP contribution in [0.25, 0.3) is 0 Å². The molecule has 5 heteroatoms. The molecule has 0 aliphatic carbocycles. The van der Waals surface area contributed by atoms with Gasteiger partial charge in [0, 0.05) is 19.7 Å². The molecule has 1 aromatic heterocycles. The van der Waals surface area contributed by atoms with Crippen molar-refractivity contribution in [2.45, 2.75) is 19.9 Å². The molecule has 1 N–H and O–H groups in total. The van der Waals surface area contributed by atoms with Crippen molar-refractivity contribution in [1.29, 1.82) is 0 Å². The van der Waals surface area contributed by atoms with Gasteiger partial charge in [0.15, 0.2) is 0 Å². The SMILES string of the molecule is CCCOCCn1ncc(NC)cc1=O. The van der Waals surface area contributed by atoms with Gasteiger partial charge in [0.25, 0.3) is 5.56 Å². The Balaban J connectivity index is 2.51. The fourth-order valence-electron chi connectivity index (χ4n) is 1.14. The molecule has 1 rings (SSSR count). The van der Waals surface area contributed by atoms with Crippen molar-refractivity contribution in [1.82, 2.24) is 9.78 Å². The summed E-state index contributed by atoms with van der Waals surface area (Å²) < 4.78 is 6.68. The van der Waals surface area contributed by atoms with Gasteiger partial charge in [0.05, 0.1) is 25.0 Å². The first-order valence-electron chi connectivity index (χ1n) is 5.10. The molecule has 1 aromatic rings. The van der Waals surface area contributed by atoms with Crippen LogP contribution in [0, 0.1) is 0 Å². The van der Waals surface area contributed by atoms with Gasteiger partial charge in [-0.2, -0.15) is 5.10 Å². The first-order valence-corrected chi connectivity index (χ1v) is 5.10. The average Bonchev–Trinajstić information content (AvgIpc) is 2.26. The van der Waals surface area contributed by atoms with E-state index in [1.54, 1.807) is 13.2 Å². The lowest BCUT2D eigenvalue weighted by atomic mass is 10.4. The molecule has 0 bridgehead atoms. The van der Waals surface area contributed by atoms with Gasteiger partial charge in [-0.1, -0.05) is 6.92 Å². The van der Waals surface area contributed by atoms with E-state index in [1.165, 1.54) is 10.7 Å². The molecule has 0 spiro atoms. The maximum atomic E-state index is 11.5. The van der Waals surface area contributed by atoms with E-state index in [0.29, 0.717) is 13.2 Å². The maximum Gasteiger partial charge on any atom is 0.268 e. The van der Waals surface area contributed by atoms with Gasteiger partial charge in [-0.25, -0.2) is 4.68 Å². The number of nitrogens with zero attached hydrogens (tertiary/aromatic N) is 2. The first kappa shape index (κ1) is 11.7. The van der Waals surface area contributed by atoms with Crippen LogP contribution in [0.1, 0.15) is 13.3 Å². The third-order valence-electron chi connectivity index (χ3n) is 1.95. The molecule has 0 saturated heterocycles. The molecule has 0 amide bonds. The maximum absolute atomic E-state index is 11.5. The van der Waals surface area contributed by atoms with Crippen LogP contribution in [0.15, 0.2) is 17.1 Å². The molecule has 0 radical (unpaired) electrons. The van der Waals surface area contributed by atoms with Gasteiger partial charge in [0.2, 0.25) is 0 Å². The van der Waals surface area contributed by atoms with E-state index in [9.17, 15) is 4.79 Å². The molecule has 0 aromatic carbocycles. The van der Waals surface area contributed by atoms with E-state index >= 15 is 0 Å². The Kier molecular flexibility index (Phi) is 4.83. The lowest BCUT2D eigenvalue weighted by Crippen LogP contribution is -2.24. The van der Waals surface area contributed by atoms with Crippen LogP contribution >= 0.6 is 0 Å². The van der Waals surface area contributed by atoms with Crippen molar-refractivity contribution >= 4 is 5.69 Å². The molecule has 84 valence electrons. The Bertz CT molecular complexity index is 349. The van der Waals surface area contributed by atoms with Crippen molar-refractivity contribution in [2.75, 3.05) is 25.6 Å². The second-order valence-electron chi connectivity index (χ2n) is 3.17. The number of hydrogen-bond donors (Lipinski definition) is 1. The number of aromatic nitrogens is 2. The van der Waals surface area contributed by atoms with Crippen molar-refractivity contribution < 1.29 is 4.74 Å². The Labute approximate surface area is 89.1 Å². The number of hydrogen-bond acceptors (Lipinski definition) is 4. The number of rotatable bonds is 6.